The Morgan fingerprint density at radius 2 is 1.89 bits per heavy atom. The molecule has 3 aromatic heterocycles. The molecule has 3 nitrogen and oxygen atoms in total. The zero-order valence-corrected chi connectivity index (χ0v) is 10.3. The lowest BCUT2D eigenvalue weighted by atomic mass is 10.2. The number of nitrogens with zero attached hydrogens (tertiary/aromatic N) is 3. The Bertz CT molecular complexity index is 830. The summed E-state index contributed by atoms with van der Waals surface area (Å²) in [4.78, 5) is 9.03. The smallest absolute Gasteiger partial charge is 0.165 e. The first-order chi connectivity index (χ1) is 8.93. The molecule has 86 valence electrons. The Kier molecular flexibility index (Phi) is 1.98. The molecule has 0 bridgehead atoms. The topological polar surface area (TPSA) is 30.2 Å². The zero-order valence-electron chi connectivity index (χ0n) is 9.45. The number of thiophene rings is 1. The molecular weight excluding hydrogens is 242 g/mol. The molecule has 0 N–H and O–H groups in total. The Morgan fingerprint density at radius 3 is 2.78 bits per heavy atom. The maximum atomic E-state index is 4.53. The summed E-state index contributed by atoms with van der Waals surface area (Å²) < 4.78 is 3.23. The number of benzene rings is 1. The summed E-state index contributed by atoms with van der Waals surface area (Å²) in [5.74, 6) is 0. The summed E-state index contributed by atoms with van der Waals surface area (Å²) in [6.45, 7) is 0. The molecule has 0 aliphatic heterocycles. The van der Waals surface area contributed by atoms with Crippen molar-refractivity contribution >= 4 is 27.2 Å². The van der Waals surface area contributed by atoms with Crippen molar-refractivity contribution in [3.63, 3.8) is 0 Å². The van der Waals surface area contributed by atoms with Crippen LogP contribution in [0.2, 0.25) is 0 Å². The lowest BCUT2D eigenvalue weighted by molar-refractivity contribution is 1.18. The second kappa shape index (κ2) is 3.65. The first-order valence-electron chi connectivity index (χ1n) is 5.68. The van der Waals surface area contributed by atoms with Crippen LogP contribution in [0.1, 0.15) is 0 Å². The van der Waals surface area contributed by atoms with Gasteiger partial charge in [-0.3, -0.25) is 4.40 Å². The molecule has 0 unspecified atom stereocenters. The van der Waals surface area contributed by atoms with Gasteiger partial charge in [-0.15, -0.1) is 11.3 Å². The van der Waals surface area contributed by atoms with Crippen LogP contribution in [0, 0.1) is 0 Å². The largest absolute Gasteiger partial charge is 0.282 e. The van der Waals surface area contributed by atoms with Crippen LogP contribution < -0.4 is 0 Å². The van der Waals surface area contributed by atoms with E-state index < -0.39 is 0 Å². The van der Waals surface area contributed by atoms with E-state index in [0.717, 1.165) is 16.9 Å². The second-order valence-electron chi connectivity index (χ2n) is 4.08. The third-order valence-electron chi connectivity index (χ3n) is 3.03. The van der Waals surface area contributed by atoms with Crippen LogP contribution in [0.25, 0.3) is 27.1 Å². The van der Waals surface area contributed by atoms with Crippen molar-refractivity contribution in [2.24, 2.45) is 0 Å². The molecule has 0 atom stereocenters. The van der Waals surface area contributed by atoms with Gasteiger partial charge in [0.15, 0.2) is 5.65 Å². The first-order valence-corrected chi connectivity index (χ1v) is 6.56. The highest BCUT2D eigenvalue weighted by Crippen LogP contribution is 2.26. The van der Waals surface area contributed by atoms with Gasteiger partial charge in [-0.2, -0.15) is 0 Å². The average Bonchev–Trinajstić information content (AvgIpc) is 3.05. The van der Waals surface area contributed by atoms with E-state index in [0.29, 0.717) is 0 Å². The van der Waals surface area contributed by atoms with Gasteiger partial charge in [0, 0.05) is 11.8 Å². The molecule has 0 saturated heterocycles. The predicted octanol–water partition coefficient (Wildman–Crippen LogP) is 3.61. The van der Waals surface area contributed by atoms with Crippen molar-refractivity contribution in [2.45, 2.75) is 0 Å². The van der Waals surface area contributed by atoms with Gasteiger partial charge < -0.3 is 0 Å². The predicted molar refractivity (Wildman–Crippen MR) is 73.8 cm³/mol. The van der Waals surface area contributed by atoms with Crippen LogP contribution >= 0.6 is 11.3 Å². The van der Waals surface area contributed by atoms with E-state index in [4.69, 9.17) is 0 Å². The molecule has 18 heavy (non-hydrogen) atoms. The Morgan fingerprint density at radius 1 is 1.00 bits per heavy atom. The van der Waals surface area contributed by atoms with Crippen LogP contribution in [-0.2, 0) is 0 Å². The van der Waals surface area contributed by atoms with Crippen LogP contribution in [0.15, 0.2) is 54.3 Å². The van der Waals surface area contributed by atoms with E-state index in [-0.39, 0.29) is 0 Å². The summed E-state index contributed by atoms with van der Waals surface area (Å²) >= 11 is 1.70. The van der Waals surface area contributed by atoms with Crippen LogP contribution in [0.3, 0.4) is 0 Å². The van der Waals surface area contributed by atoms with Crippen molar-refractivity contribution in [1.29, 1.82) is 0 Å². The first kappa shape index (κ1) is 9.79. The van der Waals surface area contributed by atoms with Crippen LogP contribution in [0.4, 0.5) is 0 Å². The number of aromatic nitrogens is 3. The maximum absolute atomic E-state index is 4.53. The minimum absolute atomic E-state index is 0.909. The van der Waals surface area contributed by atoms with Gasteiger partial charge in [0.25, 0.3) is 0 Å². The highest BCUT2D eigenvalue weighted by atomic mass is 32.1. The molecule has 0 amide bonds. The standard InChI is InChI=1S/C14H9N3S/c1-2-4-10(5-3-1)13-14-15-8-12-11(6-7-18-12)17(14)9-16-13/h1-9H. The van der Waals surface area contributed by atoms with Crippen molar-refractivity contribution in [1.82, 2.24) is 14.4 Å². The minimum atomic E-state index is 0.909. The van der Waals surface area contributed by atoms with E-state index in [1.807, 2.05) is 35.1 Å². The van der Waals surface area contributed by atoms with Gasteiger partial charge in [0.05, 0.1) is 10.2 Å². The van der Waals surface area contributed by atoms with Gasteiger partial charge in [-0.1, -0.05) is 30.3 Å². The van der Waals surface area contributed by atoms with E-state index in [9.17, 15) is 0 Å². The molecule has 0 radical (unpaired) electrons. The Labute approximate surface area is 107 Å². The van der Waals surface area contributed by atoms with E-state index in [1.165, 1.54) is 10.2 Å². The molecule has 0 aliphatic carbocycles. The van der Waals surface area contributed by atoms with Gasteiger partial charge in [-0.25, -0.2) is 9.97 Å². The number of imidazole rings is 1. The van der Waals surface area contributed by atoms with Gasteiger partial charge >= 0.3 is 0 Å². The summed E-state index contributed by atoms with van der Waals surface area (Å²) in [5, 5.41) is 2.08. The molecule has 0 saturated carbocycles. The van der Waals surface area contributed by atoms with Gasteiger partial charge in [0.1, 0.15) is 12.0 Å². The fourth-order valence-corrected chi connectivity index (χ4v) is 2.92. The summed E-state index contributed by atoms with van der Waals surface area (Å²) in [5.41, 5.74) is 4.11. The van der Waals surface area contributed by atoms with Crippen molar-refractivity contribution in [3.05, 3.63) is 54.3 Å². The number of rotatable bonds is 1. The fraction of sp³-hybridized carbons (Fsp3) is 0. The summed E-state index contributed by atoms with van der Waals surface area (Å²) in [7, 11) is 0. The SMILES string of the molecule is c1ccc(-c2ncn3c2ncc2sccc23)cc1. The van der Waals surface area contributed by atoms with Crippen LogP contribution in [0.5, 0.6) is 0 Å². The third-order valence-corrected chi connectivity index (χ3v) is 3.87. The second-order valence-corrected chi connectivity index (χ2v) is 5.03. The monoisotopic (exact) mass is 251 g/mol. The van der Waals surface area contributed by atoms with Crippen molar-refractivity contribution in [3.8, 4) is 11.3 Å². The Balaban J connectivity index is 2.09. The minimum Gasteiger partial charge on any atom is -0.282 e. The summed E-state index contributed by atoms with van der Waals surface area (Å²) in [6.07, 6.45) is 3.77. The number of fused-ring (bicyclic) bond motifs is 3. The lowest BCUT2D eigenvalue weighted by Crippen LogP contribution is -1.87. The lowest BCUT2D eigenvalue weighted by Gasteiger charge is -1.98. The van der Waals surface area contributed by atoms with E-state index >= 15 is 0 Å². The van der Waals surface area contributed by atoms with E-state index in [2.05, 4.69) is 33.5 Å². The molecule has 4 heteroatoms. The zero-order chi connectivity index (χ0) is 11.9. The molecule has 1 aromatic carbocycles. The normalized spacial score (nSPS) is 11.3. The molecular formula is C14H9N3S. The molecule has 0 spiro atoms. The quantitative estimate of drug-likeness (QED) is 0.517. The number of hydrogen-bond donors (Lipinski definition) is 0. The van der Waals surface area contributed by atoms with Crippen molar-refractivity contribution < 1.29 is 0 Å². The average molecular weight is 251 g/mol. The molecule has 4 aromatic rings. The van der Waals surface area contributed by atoms with E-state index in [1.54, 1.807) is 11.3 Å². The maximum Gasteiger partial charge on any atom is 0.165 e. The van der Waals surface area contributed by atoms with Crippen molar-refractivity contribution in [2.75, 3.05) is 0 Å². The van der Waals surface area contributed by atoms with Crippen LogP contribution in [-0.4, -0.2) is 14.4 Å². The highest BCUT2D eigenvalue weighted by molar-refractivity contribution is 7.17. The Hall–Kier alpha value is -2.20. The fourth-order valence-electron chi connectivity index (χ4n) is 2.17. The summed E-state index contributed by atoms with van der Waals surface area (Å²) in [6, 6.07) is 12.3. The number of hydrogen-bond acceptors (Lipinski definition) is 3. The molecule has 3 heterocycles. The molecule has 4 rings (SSSR count). The third kappa shape index (κ3) is 1.29. The highest BCUT2D eigenvalue weighted by Gasteiger charge is 2.10. The van der Waals surface area contributed by atoms with Gasteiger partial charge in [0.2, 0.25) is 0 Å². The molecule has 0 fully saturated rings. The molecule has 0 aliphatic rings. The van der Waals surface area contributed by atoms with Gasteiger partial charge in [-0.05, 0) is 11.4 Å².